The SMILES string of the molecule is CCCOc1ccc(S(=O)(=O)NCC(O)(c2ccco2)c2cccs2)cc1. The second kappa shape index (κ2) is 8.26. The lowest BCUT2D eigenvalue weighted by Gasteiger charge is -2.25. The topological polar surface area (TPSA) is 88.8 Å². The van der Waals surface area contributed by atoms with E-state index in [4.69, 9.17) is 9.15 Å². The first-order chi connectivity index (χ1) is 13.0. The van der Waals surface area contributed by atoms with E-state index in [1.807, 2.05) is 12.3 Å². The van der Waals surface area contributed by atoms with E-state index in [-0.39, 0.29) is 17.2 Å². The van der Waals surface area contributed by atoms with Crippen LogP contribution in [0.1, 0.15) is 24.0 Å². The van der Waals surface area contributed by atoms with Crippen molar-refractivity contribution < 1.29 is 22.7 Å². The van der Waals surface area contributed by atoms with Gasteiger partial charge in [-0.25, -0.2) is 13.1 Å². The molecule has 0 radical (unpaired) electrons. The van der Waals surface area contributed by atoms with Gasteiger partial charge in [0, 0.05) is 4.88 Å². The van der Waals surface area contributed by atoms with Gasteiger partial charge in [0.2, 0.25) is 10.0 Å². The lowest BCUT2D eigenvalue weighted by Crippen LogP contribution is -2.40. The highest BCUT2D eigenvalue weighted by atomic mass is 32.2. The van der Waals surface area contributed by atoms with E-state index < -0.39 is 15.6 Å². The number of ether oxygens (including phenoxy) is 1. The van der Waals surface area contributed by atoms with Gasteiger partial charge in [0.05, 0.1) is 24.3 Å². The summed E-state index contributed by atoms with van der Waals surface area (Å²) in [5, 5.41) is 13.0. The monoisotopic (exact) mass is 407 g/mol. The van der Waals surface area contributed by atoms with Crippen molar-refractivity contribution in [2.45, 2.75) is 23.8 Å². The molecule has 144 valence electrons. The van der Waals surface area contributed by atoms with Gasteiger partial charge in [-0.15, -0.1) is 11.3 Å². The molecule has 0 amide bonds. The summed E-state index contributed by atoms with van der Waals surface area (Å²) in [6, 6.07) is 13.0. The molecule has 0 saturated carbocycles. The molecule has 1 unspecified atom stereocenters. The molecular weight excluding hydrogens is 386 g/mol. The third kappa shape index (κ3) is 4.41. The maximum absolute atomic E-state index is 12.7. The fourth-order valence-electron chi connectivity index (χ4n) is 2.54. The number of rotatable bonds is 9. The Kier molecular flexibility index (Phi) is 6.01. The summed E-state index contributed by atoms with van der Waals surface area (Å²) >= 11 is 1.32. The molecule has 6 nitrogen and oxygen atoms in total. The van der Waals surface area contributed by atoms with Crippen molar-refractivity contribution in [2.24, 2.45) is 0 Å². The van der Waals surface area contributed by atoms with Gasteiger partial charge in [-0.1, -0.05) is 13.0 Å². The zero-order chi connectivity index (χ0) is 19.3. The van der Waals surface area contributed by atoms with Gasteiger partial charge < -0.3 is 14.3 Å². The zero-order valence-electron chi connectivity index (χ0n) is 14.8. The highest BCUT2D eigenvalue weighted by Crippen LogP contribution is 2.33. The summed E-state index contributed by atoms with van der Waals surface area (Å²) in [7, 11) is -3.82. The maximum Gasteiger partial charge on any atom is 0.240 e. The molecule has 3 aromatic rings. The lowest BCUT2D eigenvalue weighted by atomic mass is 9.99. The highest BCUT2D eigenvalue weighted by Gasteiger charge is 2.37. The number of hydrogen-bond acceptors (Lipinski definition) is 6. The van der Waals surface area contributed by atoms with Gasteiger partial charge in [0.1, 0.15) is 11.5 Å². The van der Waals surface area contributed by atoms with Gasteiger partial charge in [-0.2, -0.15) is 0 Å². The molecule has 8 heteroatoms. The van der Waals surface area contributed by atoms with Crippen LogP contribution in [-0.4, -0.2) is 26.7 Å². The van der Waals surface area contributed by atoms with E-state index in [1.54, 1.807) is 36.4 Å². The van der Waals surface area contributed by atoms with Gasteiger partial charge in [-0.3, -0.25) is 0 Å². The smallest absolute Gasteiger partial charge is 0.240 e. The molecule has 0 aliphatic carbocycles. The van der Waals surface area contributed by atoms with E-state index in [0.717, 1.165) is 6.42 Å². The molecule has 0 bridgehead atoms. The minimum absolute atomic E-state index is 0.0966. The third-order valence-corrected chi connectivity index (χ3v) is 6.42. The first kappa shape index (κ1) is 19.6. The Bertz CT molecular complexity index is 898. The largest absolute Gasteiger partial charge is 0.494 e. The van der Waals surface area contributed by atoms with Crippen LogP contribution in [0.25, 0.3) is 0 Å². The maximum atomic E-state index is 12.7. The Morgan fingerprint density at radius 3 is 2.56 bits per heavy atom. The normalized spacial score (nSPS) is 14.0. The average Bonchev–Trinajstić information content (AvgIpc) is 3.39. The summed E-state index contributed by atoms with van der Waals surface area (Å²) in [4.78, 5) is 0.683. The van der Waals surface area contributed by atoms with E-state index >= 15 is 0 Å². The molecule has 0 fully saturated rings. The van der Waals surface area contributed by atoms with Gasteiger partial charge >= 0.3 is 0 Å². The predicted molar refractivity (Wildman–Crippen MR) is 103 cm³/mol. The van der Waals surface area contributed by atoms with Crippen LogP contribution in [0.15, 0.2) is 69.5 Å². The van der Waals surface area contributed by atoms with Crippen LogP contribution in [0, 0.1) is 0 Å². The van der Waals surface area contributed by atoms with Crippen LogP contribution in [0.2, 0.25) is 0 Å². The Morgan fingerprint density at radius 2 is 1.96 bits per heavy atom. The zero-order valence-corrected chi connectivity index (χ0v) is 16.4. The Balaban J connectivity index is 1.78. The first-order valence-corrected chi connectivity index (χ1v) is 10.8. The van der Waals surface area contributed by atoms with Gasteiger partial charge in [0.25, 0.3) is 0 Å². The van der Waals surface area contributed by atoms with Crippen LogP contribution in [0.3, 0.4) is 0 Å². The van der Waals surface area contributed by atoms with Crippen molar-refractivity contribution in [3.05, 3.63) is 70.8 Å². The number of benzene rings is 1. The molecular formula is C19H21NO5S2. The van der Waals surface area contributed by atoms with E-state index in [2.05, 4.69) is 4.72 Å². The van der Waals surface area contributed by atoms with Crippen molar-refractivity contribution in [1.82, 2.24) is 4.72 Å². The van der Waals surface area contributed by atoms with Gasteiger partial charge in [-0.05, 0) is 54.3 Å². The van der Waals surface area contributed by atoms with Crippen molar-refractivity contribution in [2.75, 3.05) is 13.2 Å². The second-order valence-corrected chi connectivity index (χ2v) is 8.67. The van der Waals surface area contributed by atoms with Crippen molar-refractivity contribution in [1.29, 1.82) is 0 Å². The van der Waals surface area contributed by atoms with E-state index in [1.165, 1.54) is 29.7 Å². The molecule has 0 aliphatic heterocycles. The number of sulfonamides is 1. The van der Waals surface area contributed by atoms with E-state index in [0.29, 0.717) is 17.2 Å². The molecule has 1 aromatic carbocycles. The fourth-order valence-corrected chi connectivity index (χ4v) is 4.43. The number of hydrogen-bond donors (Lipinski definition) is 2. The molecule has 0 saturated heterocycles. The first-order valence-electron chi connectivity index (χ1n) is 8.48. The average molecular weight is 408 g/mol. The number of nitrogens with one attached hydrogen (secondary N) is 1. The Morgan fingerprint density at radius 1 is 1.19 bits per heavy atom. The van der Waals surface area contributed by atoms with Crippen molar-refractivity contribution in [3.8, 4) is 5.75 Å². The predicted octanol–water partition coefficient (Wildman–Crippen LogP) is 3.34. The summed E-state index contributed by atoms with van der Waals surface area (Å²) in [5.41, 5.74) is -1.59. The van der Waals surface area contributed by atoms with Crippen LogP contribution >= 0.6 is 11.3 Å². The quantitative estimate of drug-likeness (QED) is 0.568. The van der Waals surface area contributed by atoms with Crippen LogP contribution in [-0.2, 0) is 15.6 Å². The Labute approximate surface area is 162 Å². The highest BCUT2D eigenvalue weighted by molar-refractivity contribution is 7.89. The second-order valence-electron chi connectivity index (χ2n) is 5.96. The molecule has 2 heterocycles. The third-order valence-electron chi connectivity index (χ3n) is 3.98. The molecule has 3 rings (SSSR count). The molecule has 0 aliphatic rings. The molecule has 1 atom stereocenters. The minimum Gasteiger partial charge on any atom is -0.494 e. The van der Waals surface area contributed by atoms with E-state index in [9.17, 15) is 13.5 Å². The molecule has 2 aromatic heterocycles. The van der Waals surface area contributed by atoms with Crippen LogP contribution in [0.5, 0.6) is 5.75 Å². The summed E-state index contributed by atoms with van der Waals surface area (Å²) in [6.07, 6.45) is 2.31. The summed E-state index contributed by atoms with van der Waals surface area (Å²) in [6.45, 7) is 2.31. The Hall–Kier alpha value is -2.13. The summed E-state index contributed by atoms with van der Waals surface area (Å²) < 4.78 is 38.6. The number of thiophene rings is 1. The van der Waals surface area contributed by atoms with Crippen LogP contribution in [0.4, 0.5) is 0 Å². The van der Waals surface area contributed by atoms with Crippen molar-refractivity contribution in [3.63, 3.8) is 0 Å². The number of aliphatic hydroxyl groups is 1. The lowest BCUT2D eigenvalue weighted by molar-refractivity contribution is 0.0655. The standard InChI is InChI=1S/C19H21NO5S2/c1-2-11-24-15-7-9-16(10-8-15)27(22,23)20-14-19(21,17-5-3-12-25-17)18-6-4-13-26-18/h3-10,12-13,20-21H,2,11,14H2,1H3. The molecule has 27 heavy (non-hydrogen) atoms. The molecule has 2 N–H and O–H groups in total. The number of furan rings is 1. The fraction of sp³-hybridized carbons (Fsp3) is 0.263. The van der Waals surface area contributed by atoms with Crippen molar-refractivity contribution >= 4 is 21.4 Å². The van der Waals surface area contributed by atoms with Gasteiger partial charge in [0.15, 0.2) is 5.60 Å². The summed E-state index contributed by atoms with van der Waals surface area (Å²) in [5.74, 6) is 0.887. The van der Waals surface area contributed by atoms with Crippen LogP contribution < -0.4 is 9.46 Å². The molecule has 0 spiro atoms. The minimum atomic E-state index is -3.82.